The van der Waals surface area contributed by atoms with Gasteiger partial charge in [0.05, 0.1) is 36.9 Å². The predicted octanol–water partition coefficient (Wildman–Crippen LogP) is 5.58. The molecular weight excluding hydrogens is 595 g/mol. The number of ether oxygens (including phenoxy) is 2. The molecule has 2 atom stereocenters. The van der Waals surface area contributed by atoms with E-state index >= 15 is 0 Å². The van der Waals surface area contributed by atoms with Gasteiger partial charge in [0.25, 0.3) is 18.4 Å². The van der Waals surface area contributed by atoms with E-state index in [4.69, 9.17) is 18.1 Å². The van der Waals surface area contributed by atoms with E-state index in [0.29, 0.717) is 0 Å². The van der Waals surface area contributed by atoms with E-state index in [1.807, 2.05) is 43.3 Å². The molecule has 0 radical (unpaired) electrons. The maximum Gasteiger partial charge on any atom is 0.408 e. The Labute approximate surface area is 264 Å². The van der Waals surface area contributed by atoms with Crippen molar-refractivity contribution >= 4 is 34.9 Å². The minimum absolute atomic E-state index is 0.0171. The Balaban J connectivity index is 1.81. The number of nitrogens with one attached hydrogen (secondary N) is 1. The van der Waals surface area contributed by atoms with Crippen LogP contribution in [0.25, 0.3) is 0 Å². The van der Waals surface area contributed by atoms with Crippen LogP contribution in [0.3, 0.4) is 0 Å². The smallest absolute Gasteiger partial charge is 0.408 e. The van der Waals surface area contributed by atoms with Crippen molar-refractivity contribution in [3.63, 3.8) is 0 Å². The highest BCUT2D eigenvalue weighted by atomic mass is 32.2. The zero-order valence-corrected chi connectivity index (χ0v) is 28.9. The minimum Gasteiger partial charge on any atom is -0.444 e. The molecule has 0 unspecified atom stereocenters. The van der Waals surface area contributed by atoms with Crippen LogP contribution in [0, 0.1) is 6.92 Å². The number of carbonyl (C=O) groups is 1. The summed E-state index contributed by atoms with van der Waals surface area (Å²) >= 11 is 0. The van der Waals surface area contributed by atoms with Crippen molar-refractivity contribution in [2.75, 3.05) is 19.8 Å². The fourth-order valence-electron chi connectivity index (χ4n) is 4.97. The largest absolute Gasteiger partial charge is 0.444 e. The number of hydrogen-bond donors (Lipinski definition) is 1. The first-order chi connectivity index (χ1) is 20.5. The first-order valence-corrected chi connectivity index (χ1v) is 18.2. The van der Waals surface area contributed by atoms with Crippen molar-refractivity contribution in [3.8, 4) is 0 Å². The van der Waals surface area contributed by atoms with E-state index in [9.17, 15) is 13.2 Å². The number of alkyl carbamates (subject to hydrolysis) is 1. The Hall–Kier alpha value is -3.02. The summed E-state index contributed by atoms with van der Waals surface area (Å²) in [5.41, 5.74) is 0.255. The van der Waals surface area contributed by atoms with Crippen molar-refractivity contribution < 1.29 is 31.3 Å². The van der Waals surface area contributed by atoms with Crippen LogP contribution in [-0.4, -0.2) is 60.4 Å². The lowest BCUT2D eigenvalue weighted by molar-refractivity contribution is 0.0266. The molecule has 0 aromatic heterocycles. The van der Waals surface area contributed by atoms with Crippen LogP contribution in [-0.2, 0) is 28.2 Å². The molecule has 0 aliphatic rings. The van der Waals surface area contributed by atoms with Gasteiger partial charge in [0.15, 0.2) is 0 Å². The highest BCUT2D eigenvalue weighted by Gasteiger charge is 2.50. The number of amides is 1. The van der Waals surface area contributed by atoms with E-state index in [1.54, 1.807) is 39.8 Å². The average molecular weight is 642 g/mol. The molecule has 240 valence electrons. The molecule has 1 amide bonds. The zero-order chi connectivity index (χ0) is 32.6. The lowest BCUT2D eigenvalue weighted by Crippen LogP contribution is -2.67. The molecule has 1 N–H and O–H groups in total. The molecule has 0 saturated carbocycles. The highest BCUT2D eigenvalue weighted by Crippen LogP contribution is 2.36. The molecule has 0 heterocycles. The van der Waals surface area contributed by atoms with Crippen molar-refractivity contribution in [1.82, 2.24) is 5.32 Å². The predicted molar refractivity (Wildman–Crippen MR) is 176 cm³/mol. The van der Waals surface area contributed by atoms with E-state index in [0.717, 1.165) is 15.9 Å². The van der Waals surface area contributed by atoms with Crippen molar-refractivity contribution in [2.45, 2.75) is 83.1 Å². The molecule has 0 aliphatic carbocycles. The third kappa shape index (κ3) is 9.74. The molecule has 0 fully saturated rings. The van der Waals surface area contributed by atoms with Gasteiger partial charge in [-0.25, -0.2) is 4.79 Å². The molecule has 0 saturated heterocycles. The van der Waals surface area contributed by atoms with Crippen LogP contribution >= 0.6 is 0 Å². The zero-order valence-electron chi connectivity index (χ0n) is 27.1. The minimum atomic E-state index is -3.96. The van der Waals surface area contributed by atoms with Crippen LogP contribution < -0.4 is 15.7 Å². The molecule has 3 aromatic rings. The van der Waals surface area contributed by atoms with Gasteiger partial charge in [-0.15, -0.1) is 0 Å². The molecule has 3 aromatic carbocycles. The standard InChI is InChI=1S/C34H47NO7SSi/c1-26-19-21-29(22-20-26)43(37,38)42-27(2)23-39-24-28(35-32(36)41-33(3,4)5)25-40-44(34(6,7)8,30-15-11-9-12-16-30)31-17-13-10-14-18-31/h9-22,27-28H,23-25H2,1-8H3,(H,35,36)/t27-,28+/m0/s1. The molecule has 8 nitrogen and oxygen atoms in total. The van der Waals surface area contributed by atoms with Crippen LogP contribution in [0.1, 0.15) is 54.0 Å². The van der Waals surface area contributed by atoms with E-state index < -0.39 is 42.3 Å². The second-order valence-electron chi connectivity index (χ2n) is 13.0. The maximum atomic E-state index is 12.9. The van der Waals surface area contributed by atoms with E-state index in [1.165, 1.54) is 12.1 Å². The van der Waals surface area contributed by atoms with Gasteiger partial charge in [-0.2, -0.15) is 8.42 Å². The molecule has 10 heteroatoms. The summed E-state index contributed by atoms with van der Waals surface area (Å²) in [6.45, 7) is 15.6. The van der Waals surface area contributed by atoms with Gasteiger partial charge in [-0.1, -0.05) is 99.1 Å². The second-order valence-corrected chi connectivity index (χ2v) is 18.9. The number of hydrogen-bond acceptors (Lipinski definition) is 7. The second kappa shape index (κ2) is 14.8. The monoisotopic (exact) mass is 641 g/mol. The third-order valence-corrected chi connectivity index (χ3v) is 13.3. The summed E-state index contributed by atoms with van der Waals surface area (Å²) < 4.78 is 49.3. The molecule has 3 rings (SSSR count). The molecular formula is C34H47NO7SSi. The lowest BCUT2D eigenvalue weighted by Gasteiger charge is -2.43. The van der Waals surface area contributed by atoms with Crippen molar-refractivity contribution in [1.29, 1.82) is 0 Å². The Morgan fingerprint density at radius 3 is 1.80 bits per heavy atom. The summed E-state index contributed by atoms with van der Waals surface area (Å²) in [5.74, 6) is 0. The molecule has 0 aliphatic heterocycles. The summed E-state index contributed by atoms with van der Waals surface area (Å²) in [5, 5.41) is 4.86. The van der Waals surface area contributed by atoms with E-state index in [-0.39, 0.29) is 29.8 Å². The third-order valence-electron chi connectivity index (χ3n) is 6.91. The fraction of sp³-hybridized carbons (Fsp3) is 0.441. The van der Waals surface area contributed by atoms with Gasteiger partial charge in [0.1, 0.15) is 5.60 Å². The lowest BCUT2D eigenvalue weighted by atomic mass is 10.2. The Morgan fingerprint density at radius 1 is 0.795 bits per heavy atom. The summed E-state index contributed by atoms with van der Waals surface area (Å²) in [6, 6.07) is 26.3. The highest BCUT2D eigenvalue weighted by molar-refractivity contribution is 7.86. The molecule has 0 bridgehead atoms. The number of benzene rings is 3. The van der Waals surface area contributed by atoms with Crippen molar-refractivity contribution in [3.05, 3.63) is 90.5 Å². The van der Waals surface area contributed by atoms with Gasteiger partial charge in [-0.05, 0) is 62.2 Å². The maximum absolute atomic E-state index is 12.9. The molecule has 44 heavy (non-hydrogen) atoms. The van der Waals surface area contributed by atoms with Crippen molar-refractivity contribution in [2.24, 2.45) is 0 Å². The normalized spacial score (nSPS) is 14.1. The first kappa shape index (κ1) is 35.5. The van der Waals surface area contributed by atoms with Crippen LogP contribution in [0.5, 0.6) is 0 Å². The van der Waals surface area contributed by atoms with Gasteiger partial charge >= 0.3 is 6.09 Å². The fourth-order valence-corrected chi connectivity index (χ4v) is 10.6. The number of carbonyl (C=O) groups excluding carboxylic acids is 1. The topological polar surface area (TPSA) is 100 Å². The summed E-state index contributed by atoms with van der Waals surface area (Å²) in [4.78, 5) is 12.9. The first-order valence-electron chi connectivity index (χ1n) is 14.9. The van der Waals surface area contributed by atoms with Crippen LogP contribution in [0.4, 0.5) is 4.79 Å². The Bertz CT molecular complexity index is 1400. The number of aryl methyl sites for hydroxylation is 1. The summed E-state index contributed by atoms with van der Waals surface area (Å²) in [6.07, 6.45) is -1.36. The van der Waals surface area contributed by atoms with Gasteiger partial charge in [0.2, 0.25) is 0 Å². The van der Waals surface area contributed by atoms with Gasteiger partial charge in [0, 0.05) is 0 Å². The SMILES string of the molecule is Cc1ccc(S(=O)(=O)O[C@@H](C)COC[C@H](CO[Si](c2ccccc2)(c2ccccc2)C(C)(C)C)NC(=O)OC(C)(C)C)cc1. The Morgan fingerprint density at radius 2 is 1.32 bits per heavy atom. The van der Waals surface area contributed by atoms with Gasteiger partial charge in [-0.3, -0.25) is 4.18 Å². The van der Waals surface area contributed by atoms with Gasteiger partial charge < -0.3 is 19.2 Å². The van der Waals surface area contributed by atoms with Crippen LogP contribution in [0.2, 0.25) is 5.04 Å². The van der Waals surface area contributed by atoms with E-state index in [2.05, 4.69) is 50.4 Å². The molecule has 0 spiro atoms. The summed E-state index contributed by atoms with van der Waals surface area (Å²) in [7, 11) is -6.86. The number of rotatable bonds is 13. The van der Waals surface area contributed by atoms with Crippen LogP contribution in [0.15, 0.2) is 89.8 Å². The average Bonchev–Trinajstić information content (AvgIpc) is 2.92. The Kier molecular flexibility index (Phi) is 12.0. The quantitative estimate of drug-likeness (QED) is 0.192.